The van der Waals surface area contributed by atoms with Crippen LogP contribution in [0.2, 0.25) is 0 Å². The SMILES string of the molecule is O=P(O)(O)OP(=O)(Oc1ccccc1)OP(=O)(O)Oc1ccccc1. The summed E-state index contributed by atoms with van der Waals surface area (Å²) in [5.74, 6) is -0.297. The lowest BCUT2D eigenvalue weighted by Gasteiger charge is -2.20. The van der Waals surface area contributed by atoms with Crippen LogP contribution in [0.3, 0.4) is 0 Å². The molecular weight excluding hydrogens is 397 g/mol. The quantitative estimate of drug-likeness (QED) is 0.552. The Kier molecular flexibility index (Phi) is 6.21. The first-order valence-electron chi connectivity index (χ1n) is 6.47. The van der Waals surface area contributed by atoms with E-state index in [1.807, 2.05) is 0 Å². The van der Waals surface area contributed by atoms with E-state index in [4.69, 9.17) is 14.3 Å². The van der Waals surface area contributed by atoms with Gasteiger partial charge in [0.05, 0.1) is 0 Å². The number of hydrogen-bond acceptors (Lipinski definition) is 7. The minimum absolute atomic E-state index is 0.115. The zero-order chi connectivity index (χ0) is 18.6. The molecule has 13 heteroatoms. The lowest BCUT2D eigenvalue weighted by Crippen LogP contribution is -2.03. The molecule has 136 valence electrons. The number of phosphoric acid groups is 3. The molecule has 0 radical (unpaired) electrons. The molecule has 0 bridgehead atoms. The molecule has 0 saturated heterocycles. The zero-order valence-corrected chi connectivity index (χ0v) is 15.0. The van der Waals surface area contributed by atoms with Gasteiger partial charge in [-0.25, -0.2) is 13.7 Å². The van der Waals surface area contributed by atoms with E-state index in [9.17, 15) is 18.6 Å². The van der Waals surface area contributed by atoms with E-state index < -0.39 is 23.5 Å². The van der Waals surface area contributed by atoms with Crippen LogP contribution >= 0.6 is 23.5 Å². The summed E-state index contributed by atoms with van der Waals surface area (Å²) >= 11 is 0. The number of hydrogen-bond donors (Lipinski definition) is 3. The third-order valence-electron chi connectivity index (χ3n) is 2.33. The van der Waals surface area contributed by atoms with Gasteiger partial charge in [0.15, 0.2) is 0 Å². The molecule has 2 atom stereocenters. The van der Waals surface area contributed by atoms with Crippen LogP contribution in [0, 0.1) is 0 Å². The summed E-state index contributed by atoms with van der Waals surface area (Å²) in [5.41, 5.74) is 0. The Hall–Kier alpha value is -1.47. The van der Waals surface area contributed by atoms with Gasteiger partial charge in [0, 0.05) is 0 Å². The second kappa shape index (κ2) is 7.83. The second-order valence-corrected chi connectivity index (χ2v) is 8.86. The Morgan fingerprint density at radius 3 is 1.52 bits per heavy atom. The highest BCUT2D eigenvalue weighted by atomic mass is 31.3. The van der Waals surface area contributed by atoms with Crippen LogP contribution in [0.15, 0.2) is 60.7 Å². The molecule has 0 fully saturated rings. The lowest BCUT2D eigenvalue weighted by molar-refractivity contribution is 0.211. The van der Waals surface area contributed by atoms with Crippen LogP contribution in [0.4, 0.5) is 0 Å². The number of benzene rings is 2. The normalized spacial score (nSPS) is 16.4. The number of rotatable bonds is 8. The van der Waals surface area contributed by atoms with Crippen LogP contribution in [0.1, 0.15) is 0 Å². The van der Waals surface area contributed by atoms with E-state index in [0.717, 1.165) is 0 Å². The van der Waals surface area contributed by atoms with Gasteiger partial charge in [-0.2, -0.15) is 8.62 Å². The summed E-state index contributed by atoms with van der Waals surface area (Å²) in [5, 5.41) is 0. The molecular formula is C12H13O10P3. The average Bonchev–Trinajstić information content (AvgIpc) is 2.45. The fraction of sp³-hybridized carbons (Fsp3) is 0. The van der Waals surface area contributed by atoms with E-state index >= 15 is 0 Å². The predicted molar refractivity (Wildman–Crippen MR) is 85.8 cm³/mol. The molecule has 0 aliphatic rings. The lowest BCUT2D eigenvalue weighted by atomic mass is 10.3. The third-order valence-corrected chi connectivity index (χ3v) is 6.49. The molecule has 3 N–H and O–H groups in total. The van der Waals surface area contributed by atoms with Crippen LogP contribution < -0.4 is 9.05 Å². The van der Waals surface area contributed by atoms with Crippen molar-refractivity contribution in [2.45, 2.75) is 0 Å². The Bertz CT molecular complexity index is 835. The van der Waals surface area contributed by atoms with E-state index in [1.54, 1.807) is 12.1 Å². The molecule has 0 spiro atoms. The van der Waals surface area contributed by atoms with Gasteiger partial charge in [-0.3, -0.25) is 4.89 Å². The van der Waals surface area contributed by atoms with Gasteiger partial charge in [-0.1, -0.05) is 36.4 Å². The molecule has 0 aromatic heterocycles. The molecule has 2 aromatic rings. The zero-order valence-electron chi connectivity index (χ0n) is 12.3. The van der Waals surface area contributed by atoms with Gasteiger partial charge in [0.2, 0.25) is 0 Å². The van der Waals surface area contributed by atoms with Crippen LogP contribution in [0.25, 0.3) is 0 Å². The minimum atomic E-state index is -5.39. The molecule has 0 aliphatic heterocycles. The molecule has 0 heterocycles. The van der Waals surface area contributed by atoms with E-state index in [2.05, 4.69) is 13.1 Å². The van der Waals surface area contributed by atoms with Crippen molar-refractivity contribution in [3.8, 4) is 11.5 Å². The van der Waals surface area contributed by atoms with Crippen molar-refractivity contribution in [2.75, 3.05) is 0 Å². The first-order chi connectivity index (χ1) is 11.6. The molecule has 0 saturated carbocycles. The molecule has 2 rings (SSSR count). The predicted octanol–water partition coefficient (Wildman–Crippen LogP) is 3.48. The van der Waals surface area contributed by atoms with Gasteiger partial charge in [-0.05, 0) is 24.3 Å². The third kappa shape index (κ3) is 7.12. The number of phosphoric ester groups is 1. The van der Waals surface area contributed by atoms with Crippen molar-refractivity contribution in [2.24, 2.45) is 0 Å². The molecule has 10 nitrogen and oxygen atoms in total. The van der Waals surface area contributed by atoms with Crippen molar-refractivity contribution >= 4 is 23.5 Å². The largest absolute Gasteiger partial charge is 0.548 e. The van der Waals surface area contributed by atoms with Crippen LogP contribution in [-0.4, -0.2) is 14.7 Å². The Morgan fingerprint density at radius 1 is 0.640 bits per heavy atom. The molecule has 2 unspecified atom stereocenters. The molecule has 0 aliphatic carbocycles. The Balaban J connectivity index is 2.24. The monoisotopic (exact) mass is 410 g/mol. The minimum Gasteiger partial charge on any atom is -0.404 e. The smallest absolute Gasteiger partial charge is 0.404 e. The first kappa shape index (κ1) is 19.8. The summed E-state index contributed by atoms with van der Waals surface area (Å²) in [7, 11) is -15.7. The summed E-state index contributed by atoms with van der Waals surface area (Å²) in [4.78, 5) is 27.4. The van der Waals surface area contributed by atoms with Gasteiger partial charge in [0.25, 0.3) is 0 Å². The fourth-order valence-corrected chi connectivity index (χ4v) is 5.16. The van der Waals surface area contributed by atoms with Crippen molar-refractivity contribution in [3.63, 3.8) is 0 Å². The Morgan fingerprint density at radius 2 is 1.08 bits per heavy atom. The fourth-order valence-electron chi connectivity index (χ4n) is 1.55. The Labute approximate surface area is 142 Å². The maximum atomic E-state index is 12.4. The van der Waals surface area contributed by atoms with Gasteiger partial charge in [0.1, 0.15) is 11.5 Å². The van der Waals surface area contributed by atoms with Gasteiger partial charge < -0.3 is 18.8 Å². The first-order valence-corrected chi connectivity index (χ1v) is 11.0. The maximum absolute atomic E-state index is 12.4. The molecule has 2 aromatic carbocycles. The van der Waals surface area contributed by atoms with E-state index in [1.165, 1.54) is 48.5 Å². The van der Waals surface area contributed by atoms with Crippen LogP contribution in [-0.2, 0) is 22.3 Å². The van der Waals surface area contributed by atoms with Gasteiger partial charge >= 0.3 is 23.5 Å². The van der Waals surface area contributed by atoms with E-state index in [-0.39, 0.29) is 11.5 Å². The molecule has 25 heavy (non-hydrogen) atoms. The topological polar surface area (TPSA) is 149 Å². The highest BCUT2D eigenvalue weighted by molar-refractivity contribution is 7.67. The summed E-state index contributed by atoms with van der Waals surface area (Å²) in [6.07, 6.45) is 0. The van der Waals surface area contributed by atoms with Crippen molar-refractivity contribution < 1.29 is 46.0 Å². The molecule has 0 amide bonds. The standard InChI is InChI=1S/C12H13O10P3/c13-23(14,15)21-25(18,20-12-9-5-2-6-10-12)22-24(16,17)19-11-7-3-1-4-8-11/h1-10H,(H,16,17)(H2,13,14,15). The van der Waals surface area contributed by atoms with Crippen molar-refractivity contribution in [1.82, 2.24) is 0 Å². The highest BCUT2D eigenvalue weighted by Crippen LogP contribution is 2.68. The van der Waals surface area contributed by atoms with Gasteiger partial charge in [-0.15, -0.1) is 0 Å². The van der Waals surface area contributed by atoms with Crippen molar-refractivity contribution in [1.29, 1.82) is 0 Å². The summed E-state index contributed by atoms with van der Waals surface area (Å²) in [6, 6.07) is 14.2. The maximum Gasteiger partial charge on any atom is 0.548 e. The number of para-hydroxylation sites is 2. The summed E-state index contributed by atoms with van der Waals surface area (Å²) < 4.78 is 53.1. The summed E-state index contributed by atoms with van der Waals surface area (Å²) in [6.45, 7) is 0. The second-order valence-electron chi connectivity index (χ2n) is 4.38. The van der Waals surface area contributed by atoms with Crippen molar-refractivity contribution in [3.05, 3.63) is 60.7 Å². The average molecular weight is 410 g/mol. The van der Waals surface area contributed by atoms with Crippen LogP contribution in [0.5, 0.6) is 11.5 Å². The highest BCUT2D eigenvalue weighted by Gasteiger charge is 2.45. The van der Waals surface area contributed by atoms with E-state index in [0.29, 0.717) is 0 Å².